The van der Waals surface area contributed by atoms with Gasteiger partial charge in [-0.1, -0.05) is 11.6 Å². The third-order valence-corrected chi connectivity index (χ3v) is 1.93. The van der Waals surface area contributed by atoms with Crippen molar-refractivity contribution in [3.8, 4) is 0 Å². The van der Waals surface area contributed by atoms with Crippen LogP contribution in [0.15, 0.2) is 24.3 Å². The molecule has 1 rings (SSSR count). The Morgan fingerprint density at radius 1 is 1.23 bits per heavy atom. The lowest BCUT2D eigenvalue weighted by Gasteiger charge is -1.97. The van der Waals surface area contributed by atoms with Crippen molar-refractivity contribution in [2.45, 2.75) is 6.32 Å². The fraction of sp³-hybridized carbons (Fsp3) is 0.111. The Kier molecular flexibility index (Phi) is 3.26. The van der Waals surface area contributed by atoms with Crippen molar-refractivity contribution in [1.29, 1.82) is 0 Å². The van der Waals surface area contributed by atoms with Crippen LogP contribution in [0.2, 0.25) is 11.3 Å². The van der Waals surface area contributed by atoms with Crippen molar-refractivity contribution in [1.82, 2.24) is 0 Å². The highest BCUT2D eigenvalue weighted by Crippen LogP contribution is 2.10. The first-order valence-corrected chi connectivity index (χ1v) is 4.36. The molecule has 0 aromatic heterocycles. The van der Waals surface area contributed by atoms with Crippen molar-refractivity contribution < 1.29 is 9.59 Å². The summed E-state index contributed by atoms with van der Waals surface area (Å²) in [7, 11) is 1.66. The van der Waals surface area contributed by atoms with E-state index < -0.39 is 5.78 Å². The molecule has 0 heterocycles. The summed E-state index contributed by atoms with van der Waals surface area (Å²) in [5, 5.41) is 0.556. The van der Waals surface area contributed by atoms with Crippen LogP contribution < -0.4 is 0 Å². The first-order valence-electron chi connectivity index (χ1n) is 3.98. The molecule has 0 aliphatic rings. The number of carbonyl (C=O) groups is 2. The summed E-state index contributed by atoms with van der Waals surface area (Å²) in [6, 6.07) is 6.30. The third-order valence-electron chi connectivity index (χ3n) is 1.68. The maximum absolute atomic E-state index is 11.3. The van der Waals surface area contributed by atoms with Crippen LogP contribution in [-0.4, -0.2) is 19.4 Å². The Balaban J connectivity index is 2.90. The van der Waals surface area contributed by atoms with E-state index >= 15 is 0 Å². The van der Waals surface area contributed by atoms with E-state index in [1.807, 2.05) is 0 Å². The lowest BCUT2D eigenvalue weighted by molar-refractivity contribution is -0.113. The van der Waals surface area contributed by atoms with Crippen LogP contribution in [0.3, 0.4) is 0 Å². The van der Waals surface area contributed by atoms with Crippen LogP contribution in [0.5, 0.6) is 0 Å². The lowest BCUT2D eigenvalue weighted by Crippen LogP contribution is -2.12. The van der Waals surface area contributed by atoms with Gasteiger partial charge in [0.1, 0.15) is 7.85 Å². The normalized spacial score (nSPS) is 9.62. The zero-order chi connectivity index (χ0) is 9.84. The molecule has 0 radical (unpaired) electrons. The van der Waals surface area contributed by atoms with Crippen LogP contribution in [0.25, 0.3) is 0 Å². The number of hydrogen-bond donors (Lipinski definition) is 0. The molecule has 0 aliphatic heterocycles. The Bertz CT molecular complexity index is 332. The van der Waals surface area contributed by atoms with Crippen LogP contribution >= 0.6 is 11.6 Å². The topological polar surface area (TPSA) is 34.1 Å². The minimum atomic E-state index is -0.445. The van der Waals surface area contributed by atoms with Gasteiger partial charge in [-0.05, 0) is 30.6 Å². The average Bonchev–Trinajstić information content (AvgIpc) is 2.17. The van der Waals surface area contributed by atoms with Gasteiger partial charge >= 0.3 is 0 Å². The number of halogens is 1. The molecule has 0 spiro atoms. The first kappa shape index (κ1) is 10.00. The zero-order valence-electron chi connectivity index (χ0n) is 7.21. The van der Waals surface area contributed by atoms with Crippen molar-refractivity contribution >= 4 is 31.0 Å². The summed E-state index contributed by atoms with van der Waals surface area (Å²) in [6.45, 7) is 0. The Hall–Kier alpha value is -1.09. The summed E-state index contributed by atoms with van der Waals surface area (Å²) in [5.74, 6) is -0.818. The molecule has 66 valence electrons. The van der Waals surface area contributed by atoms with Crippen LogP contribution in [0.1, 0.15) is 10.4 Å². The van der Waals surface area contributed by atoms with Crippen molar-refractivity contribution in [2.75, 3.05) is 0 Å². The van der Waals surface area contributed by atoms with Gasteiger partial charge in [-0.25, -0.2) is 0 Å². The fourth-order valence-electron chi connectivity index (χ4n) is 0.923. The fourth-order valence-corrected chi connectivity index (χ4v) is 1.05. The van der Waals surface area contributed by atoms with Gasteiger partial charge < -0.3 is 0 Å². The average molecular weight is 194 g/mol. The molecule has 13 heavy (non-hydrogen) atoms. The Morgan fingerprint density at radius 3 is 2.23 bits per heavy atom. The molecular weight excluding hydrogens is 186 g/mol. The van der Waals surface area contributed by atoms with Gasteiger partial charge in [-0.15, -0.1) is 0 Å². The lowest BCUT2D eigenvalue weighted by atomic mass is 9.95. The van der Waals surface area contributed by atoms with E-state index in [1.165, 1.54) is 0 Å². The standard InChI is InChI=1S/C9H8BClO2/c10-5-8(12)9(13)6-1-3-7(11)4-2-6/h1-4H,5,10H2. The number of carbonyl (C=O) groups excluding carboxylic acids is 2. The smallest absolute Gasteiger partial charge is 0.227 e. The van der Waals surface area contributed by atoms with Gasteiger partial charge in [0.15, 0.2) is 5.78 Å². The van der Waals surface area contributed by atoms with E-state index in [1.54, 1.807) is 32.1 Å². The zero-order valence-corrected chi connectivity index (χ0v) is 7.97. The predicted molar refractivity (Wildman–Crippen MR) is 54.1 cm³/mol. The van der Waals surface area contributed by atoms with Crippen molar-refractivity contribution in [3.63, 3.8) is 0 Å². The van der Waals surface area contributed by atoms with Gasteiger partial charge in [0.25, 0.3) is 0 Å². The van der Waals surface area contributed by atoms with E-state index in [-0.39, 0.29) is 12.1 Å². The first-order chi connectivity index (χ1) is 6.15. The predicted octanol–water partition coefficient (Wildman–Crippen LogP) is 1.14. The molecule has 0 atom stereocenters. The van der Waals surface area contributed by atoms with Gasteiger partial charge in [0.2, 0.25) is 5.78 Å². The maximum Gasteiger partial charge on any atom is 0.227 e. The minimum Gasteiger partial charge on any atom is -0.291 e. The molecule has 1 aromatic rings. The van der Waals surface area contributed by atoms with E-state index in [0.29, 0.717) is 10.6 Å². The molecule has 0 bridgehead atoms. The van der Waals surface area contributed by atoms with E-state index in [0.717, 1.165) is 0 Å². The molecule has 0 aliphatic carbocycles. The van der Waals surface area contributed by atoms with Crippen molar-refractivity contribution in [2.24, 2.45) is 0 Å². The molecule has 0 saturated heterocycles. The number of ketones is 2. The number of Topliss-reactive ketones (excluding diaryl/α,β-unsaturated/α-hetero) is 2. The molecule has 0 unspecified atom stereocenters. The van der Waals surface area contributed by atoms with E-state index in [4.69, 9.17) is 11.6 Å². The Morgan fingerprint density at radius 2 is 1.77 bits per heavy atom. The van der Waals surface area contributed by atoms with Gasteiger partial charge in [0, 0.05) is 10.6 Å². The number of benzene rings is 1. The second-order valence-electron chi connectivity index (χ2n) is 2.61. The molecule has 1 aromatic carbocycles. The summed E-state index contributed by atoms with van der Waals surface area (Å²) >= 11 is 5.63. The third kappa shape index (κ3) is 2.42. The van der Waals surface area contributed by atoms with E-state index in [2.05, 4.69) is 0 Å². The van der Waals surface area contributed by atoms with Gasteiger partial charge in [0.05, 0.1) is 0 Å². The van der Waals surface area contributed by atoms with Gasteiger partial charge in [-0.3, -0.25) is 9.59 Å². The number of hydrogen-bond acceptors (Lipinski definition) is 2. The van der Waals surface area contributed by atoms with Crippen molar-refractivity contribution in [3.05, 3.63) is 34.9 Å². The highest BCUT2D eigenvalue weighted by molar-refractivity contribution is 6.49. The van der Waals surface area contributed by atoms with Crippen LogP contribution in [0, 0.1) is 0 Å². The second kappa shape index (κ2) is 4.24. The van der Waals surface area contributed by atoms with Gasteiger partial charge in [-0.2, -0.15) is 0 Å². The monoisotopic (exact) mass is 194 g/mol. The van der Waals surface area contributed by atoms with Crippen LogP contribution in [-0.2, 0) is 4.79 Å². The number of rotatable bonds is 3. The highest BCUT2D eigenvalue weighted by atomic mass is 35.5. The summed E-state index contributed by atoms with van der Waals surface area (Å²) in [4.78, 5) is 22.3. The van der Waals surface area contributed by atoms with Crippen LogP contribution in [0.4, 0.5) is 0 Å². The highest BCUT2D eigenvalue weighted by Gasteiger charge is 2.12. The summed E-state index contributed by atoms with van der Waals surface area (Å²) < 4.78 is 0. The second-order valence-corrected chi connectivity index (χ2v) is 3.05. The maximum atomic E-state index is 11.3. The minimum absolute atomic E-state index is 0.238. The quantitative estimate of drug-likeness (QED) is 0.411. The summed E-state index contributed by atoms with van der Waals surface area (Å²) in [6.07, 6.45) is 0.238. The Labute approximate surface area is 82.3 Å². The largest absolute Gasteiger partial charge is 0.291 e. The molecular formula is C9H8BClO2. The molecule has 0 N–H and O–H groups in total. The molecule has 4 heteroatoms. The van der Waals surface area contributed by atoms with E-state index in [9.17, 15) is 9.59 Å². The molecule has 0 amide bonds. The molecule has 2 nitrogen and oxygen atoms in total. The SMILES string of the molecule is BCC(=O)C(=O)c1ccc(Cl)cc1. The molecule has 0 saturated carbocycles. The molecule has 0 fully saturated rings. The summed E-state index contributed by atoms with van der Waals surface area (Å²) in [5.41, 5.74) is 0.399.